The van der Waals surface area contributed by atoms with Crippen molar-refractivity contribution in [1.29, 1.82) is 0 Å². The van der Waals surface area contributed by atoms with E-state index >= 15 is 0 Å². The van der Waals surface area contributed by atoms with Crippen LogP contribution in [-0.2, 0) is 16.8 Å². The Labute approximate surface area is 161 Å². The van der Waals surface area contributed by atoms with Gasteiger partial charge in [-0.2, -0.15) is 5.10 Å². The first-order chi connectivity index (χ1) is 12.8. The predicted molar refractivity (Wildman–Crippen MR) is 98.9 cm³/mol. The van der Waals surface area contributed by atoms with Crippen LogP contribution in [0, 0.1) is 0 Å². The van der Waals surface area contributed by atoms with Gasteiger partial charge in [0.05, 0.1) is 24.4 Å². The van der Waals surface area contributed by atoms with Gasteiger partial charge in [0, 0.05) is 11.1 Å². The van der Waals surface area contributed by atoms with E-state index in [-0.39, 0.29) is 19.0 Å². The zero-order valence-electron chi connectivity index (χ0n) is 15.2. The molecular formula is C18H19ClN4O4. The van der Waals surface area contributed by atoms with Gasteiger partial charge in [0.2, 0.25) is 0 Å². The average molecular weight is 391 g/mol. The van der Waals surface area contributed by atoms with Gasteiger partial charge in [0.15, 0.2) is 0 Å². The van der Waals surface area contributed by atoms with Crippen molar-refractivity contribution in [3.63, 3.8) is 0 Å². The molecule has 0 atom stereocenters. The molecule has 8 nitrogen and oxygen atoms in total. The van der Waals surface area contributed by atoms with Crippen LogP contribution in [0.2, 0.25) is 0 Å². The number of rotatable bonds is 3. The van der Waals surface area contributed by atoms with E-state index < -0.39 is 22.9 Å². The van der Waals surface area contributed by atoms with E-state index in [0.29, 0.717) is 16.8 Å². The molecule has 0 bridgehead atoms. The number of carbonyl (C=O) groups excluding carboxylic acids is 3. The third-order valence-electron chi connectivity index (χ3n) is 4.47. The Kier molecular flexibility index (Phi) is 4.93. The number of hydrogen-bond donors (Lipinski definition) is 1. The van der Waals surface area contributed by atoms with E-state index in [1.54, 1.807) is 51.1 Å². The van der Waals surface area contributed by atoms with Crippen LogP contribution in [0.5, 0.6) is 0 Å². The molecule has 1 aromatic heterocycles. The summed E-state index contributed by atoms with van der Waals surface area (Å²) in [5.41, 5.74) is 0.614. The van der Waals surface area contributed by atoms with Crippen LogP contribution in [0.15, 0.2) is 30.3 Å². The van der Waals surface area contributed by atoms with E-state index in [2.05, 4.69) is 10.4 Å². The fourth-order valence-electron chi connectivity index (χ4n) is 3.07. The number of carbonyl (C=O) groups is 3. The van der Waals surface area contributed by atoms with Gasteiger partial charge in [-0.1, -0.05) is 18.2 Å². The first-order valence-electron chi connectivity index (χ1n) is 8.40. The van der Waals surface area contributed by atoms with Crippen LogP contribution in [0.1, 0.15) is 42.4 Å². The molecule has 1 N–H and O–H groups in total. The van der Waals surface area contributed by atoms with Gasteiger partial charge in [-0.15, -0.1) is 4.68 Å². The number of amides is 2. The number of halogens is 1. The molecule has 0 radical (unpaired) electrons. The number of benzene rings is 1. The molecule has 142 valence electrons. The SMILES string of the molecule is CCOC(=O)n1nc2c(c1NC(=O)c1ccccc1)CN(C(=O)Cl)C2(C)C. The van der Waals surface area contributed by atoms with E-state index in [9.17, 15) is 14.4 Å². The molecule has 2 amide bonds. The average Bonchev–Trinajstić information content (AvgIpc) is 3.11. The van der Waals surface area contributed by atoms with E-state index in [1.165, 1.54) is 4.90 Å². The molecular weight excluding hydrogens is 372 g/mol. The van der Waals surface area contributed by atoms with E-state index in [4.69, 9.17) is 16.3 Å². The van der Waals surface area contributed by atoms with Crippen LogP contribution in [0.4, 0.5) is 15.4 Å². The van der Waals surface area contributed by atoms with Gasteiger partial charge in [-0.05, 0) is 44.5 Å². The van der Waals surface area contributed by atoms with Crippen LogP contribution in [0.3, 0.4) is 0 Å². The molecule has 1 aliphatic rings. The lowest BCUT2D eigenvalue weighted by atomic mass is 10.0. The zero-order valence-corrected chi connectivity index (χ0v) is 15.9. The minimum absolute atomic E-state index is 0.120. The quantitative estimate of drug-likeness (QED) is 0.639. The lowest BCUT2D eigenvalue weighted by Crippen LogP contribution is -2.38. The molecule has 2 aromatic rings. The highest BCUT2D eigenvalue weighted by Crippen LogP contribution is 2.42. The van der Waals surface area contributed by atoms with Crippen LogP contribution >= 0.6 is 11.6 Å². The summed E-state index contributed by atoms with van der Waals surface area (Å²) in [6, 6.07) is 8.57. The number of anilines is 1. The number of fused-ring (bicyclic) bond motifs is 1. The summed E-state index contributed by atoms with van der Waals surface area (Å²) in [5, 5.41) is 6.40. The van der Waals surface area contributed by atoms with Crippen molar-refractivity contribution < 1.29 is 19.1 Å². The van der Waals surface area contributed by atoms with Crippen LogP contribution in [0.25, 0.3) is 0 Å². The summed E-state index contributed by atoms with van der Waals surface area (Å²) >= 11 is 5.70. The van der Waals surface area contributed by atoms with E-state index in [0.717, 1.165) is 4.68 Å². The van der Waals surface area contributed by atoms with Crippen molar-refractivity contribution in [2.75, 3.05) is 11.9 Å². The highest BCUT2D eigenvalue weighted by atomic mass is 35.5. The number of nitrogens with zero attached hydrogens (tertiary/aromatic N) is 3. The fourth-order valence-corrected chi connectivity index (χ4v) is 3.34. The zero-order chi connectivity index (χ0) is 19.8. The van der Waals surface area contributed by atoms with Gasteiger partial charge in [-0.25, -0.2) is 4.79 Å². The van der Waals surface area contributed by atoms with Gasteiger partial charge < -0.3 is 15.0 Å². The second-order valence-corrected chi connectivity index (χ2v) is 6.83. The molecule has 1 aromatic carbocycles. The molecule has 0 saturated carbocycles. The highest BCUT2D eigenvalue weighted by molar-refractivity contribution is 6.62. The Balaban J connectivity index is 2.05. The van der Waals surface area contributed by atoms with Crippen molar-refractivity contribution in [1.82, 2.24) is 14.7 Å². The van der Waals surface area contributed by atoms with Gasteiger partial charge in [-0.3, -0.25) is 9.59 Å². The van der Waals surface area contributed by atoms with Crippen LogP contribution in [-0.4, -0.2) is 38.7 Å². The van der Waals surface area contributed by atoms with Crippen molar-refractivity contribution >= 4 is 34.8 Å². The molecule has 0 aliphatic carbocycles. The number of nitrogens with one attached hydrogen (secondary N) is 1. The standard InChI is InChI=1S/C18H19ClN4O4/c1-4-27-17(26)23-14(20-15(24)11-8-6-5-7-9-11)12-10-22(16(19)25)18(2,3)13(12)21-23/h5-9H,4,10H2,1-3H3,(H,20,24). The first-order valence-corrected chi connectivity index (χ1v) is 8.78. The molecule has 0 spiro atoms. The van der Waals surface area contributed by atoms with E-state index in [1.807, 2.05) is 0 Å². The largest absolute Gasteiger partial charge is 0.448 e. The second-order valence-electron chi connectivity index (χ2n) is 6.50. The lowest BCUT2D eigenvalue weighted by Gasteiger charge is -2.29. The summed E-state index contributed by atoms with van der Waals surface area (Å²) in [6.07, 6.45) is -0.713. The van der Waals surface area contributed by atoms with Crippen molar-refractivity contribution in [2.24, 2.45) is 0 Å². The molecule has 0 saturated heterocycles. The second kappa shape index (κ2) is 7.03. The summed E-state index contributed by atoms with van der Waals surface area (Å²) in [4.78, 5) is 38.1. The molecule has 1 aliphatic heterocycles. The van der Waals surface area contributed by atoms with Crippen molar-refractivity contribution in [3.8, 4) is 0 Å². The minimum atomic E-state index is -0.835. The molecule has 0 fully saturated rings. The molecule has 0 unspecified atom stereocenters. The number of aromatic nitrogens is 2. The molecule has 2 heterocycles. The summed E-state index contributed by atoms with van der Waals surface area (Å²) in [6.45, 7) is 5.49. The maximum atomic E-state index is 12.6. The summed E-state index contributed by atoms with van der Waals surface area (Å²) in [5.74, 6) is -0.233. The smallest absolute Gasteiger partial charge is 0.436 e. The van der Waals surface area contributed by atoms with Crippen LogP contribution < -0.4 is 5.32 Å². The van der Waals surface area contributed by atoms with Gasteiger partial charge in [0.25, 0.3) is 5.91 Å². The monoisotopic (exact) mass is 390 g/mol. The Morgan fingerprint density at radius 3 is 2.52 bits per heavy atom. The number of ether oxygens (including phenoxy) is 1. The summed E-state index contributed by atoms with van der Waals surface area (Å²) in [7, 11) is 0. The van der Waals surface area contributed by atoms with Crippen molar-refractivity contribution in [3.05, 3.63) is 47.2 Å². The summed E-state index contributed by atoms with van der Waals surface area (Å²) < 4.78 is 6.06. The third-order valence-corrected chi connectivity index (χ3v) is 4.68. The predicted octanol–water partition coefficient (Wildman–Crippen LogP) is 3.55. The normalized spacial score (nSPS) is 14.6. The maximum Gasteiger partial charge on any atom is 0.436 e. The number of hydrogen-bond acceptors (Lipinski definition) is 5. The fraction of sp³-hybridized carbons (Fsp3) is 0.333. The maximum absolute atomic E-state index is 12.6. The molecule has 3 rings (SSSR count). The lowest BCUT2D eigenvalue weighted by molar-refractivity contribution is 0.102. The Bertz CT molecular complexity index is 908. The Hall–Kier alpha value is -2.87. The topological polar surface area (TPSA) is 93.5 Å². The molecule has 27 heavy (non-hydrogen) atoms. The first kappa shape index (κ1) is 18.9. The third kappa shape index (κ3) is 3.28. The Morgan fingerprint density at radius 2 is 1.93 bits per heavy atom. The minimum Gasteiger partial charge on any atom is -0.448 e. The van der Waals surface area contributed by atoms with Crippen molar-refractivity contribution in [2.45, 2.75) is 32.9 Å². The highest BCUT2D eigenvalue weighted by Gasteiger charge is 2.45. The Morgan fingerprint density at radius 1 is 1.26 bits per heavy atom. The van der Waals surface area contributed by atoms with Gasteiger partial charge in [0.1, 0.15) is 5.82 Å². The molecule has 9 heteroatoms. The van der Waals surface area contributed by atoms with Gasteiger partial charge >= 0.3 is 11.5 Å².